The molecular formula is C5H2F2INO. The third-order valence-corrected chi connectivity index (χ3v) is 1.74. The standard InChI is InChI=1S/C5H2F2INO/c6-4-2-1-3(8)5(7)9(4)10/h1-2H. The second-order valence-corrected chi connectivity index (χ2v) is 2.75. The van der Waals surface area contributed by atoms with E-state index in [1.54, 1.807) is 22.6 Å². The first-order valence-corrected chi connectivity index (χ1v) is 3.44. The van der Waals surface area contributed by atoms with Crippen molar-refractivity contribution in [3.05, 3.63) is 32.8 Å². The van der Waals surface area contributed by atoms with E-state index in [9.17, 15) is 14.0 Å². The molecule has 2 nitrogen and oxygen atoms in total. The van der Waals surface area contributed by atoms with E-state index in [4.69, 9.17) is 0 Å². The van der Waals surface area contributed by atoms with Crippen LogP contribution < -0.4 is 4.73 Å². The molecule has 0 aliphatic heterocycles. The van der Waals surface area contributed by atoms with Crippen molar-refractivity contribution in [2.45, 2.75) is 0 Å². The van der Waals surface area contributed by atoms with Crippen LogP contribution in [0.4, 0.5) is 8.78 Å². The summed E-state index contributed by atoms with van der Waals surface area (Å²) in [6.45, 7) is 0. The smallest absolute Gasteiger partial charge is 0.386 e. The quantitative estimate of drug-likeness (QED) is 0.297. The van der Waals surface area contributed by atoms with Crippen molar-refractivity contribution in [2.75, 3.05) is 0 Å². The molecule has 10 heavy (non-hydrogen) atoms. The molecule has 1 aromatic rings. The minimum Gasteiger partial charge on any atom is -0.614 e. The molecule has 0 atom stereocenters. The highest BCUT2D eigenvalue weighted by molar-refractivity contribution is 14.1. The van der Waals surface area contributed by atoms with E-state index in [0.29, 0.717) is 0 Å². The molecule has 5 heteroatoms. The largest absolute Gasteiger partial charge is 0.614 e. The average molecular weight is 257 g/mol. The first-order chi connectivity index (χ1) is 4.63. The van der Waals surface area contributed by atoms with Crippen LogP contribution in [-0.4, -0.2) is 0 Å². The molecule has 1 aromatic heterocycles. The van der Waals surface area contributed by atoms with Crippen LogP contribution in [0.2, 0.25) is 0 Å². The van der Waals surface area contributed by atoms with Crippen molar-refractivity contribution in [1.29, 1.82) is 0 Å². The lowest BCUT2D eigenvalue weighted by Gasteiger charge is -1.97. The van der Waals surface area contributed by atoms with Crippen LogP contribution in [0.3, 0.4) is 0 Å². The highest BCUT2D eigenvalue weighted by atomic mass is 127. The van der Waals surface area contributed by atoms with Crippen LogP contribution in [0.5, 0.6) is 0 Å². The van der Waals surface area contributed by atoms with E-state index >= 15 is 0 Å². The lowest BCUT2D eigenvalue weighted by Crippen LogP contribution is -2.36. The minimum absolute atomic E-state index is 0.106. The number of hydrogen-bond donors (Lipinski definition) is 0. The van der Waals surface area contributed by atoms with Crippen LogP contribution in [0.25, 0.3) is 0 Å². The van der Waals surface area contributed by atoms with E-state index < -0.39 is 11.9 Å². The molecule has 0 radical (unpaired) electrons. The number of aromatic nitrogens is 1. The summed E-state index contributed by atoms with van der Waals surface area (Å²) < 4.78 is 24.3. The molecule has 0 unspecified atom stereocenters. The first-order valence-electron chi connectivity index (χ1n) is 2.36. The van der Waals surface area contributed by atoms with Crippen molar-refractivity contribution >= 4 is 22.6 Å². The summed E-state index contributed by atoms with van der Waals surface area (Å²) in [7, 11) is 0. The predicted molar refractivity (Wildman–Crippen MR) is 38.0 cm³/mol. The van der Waals surface area contributed by atoms with Gasteiger partial charge in [-0.15, -0.1) is 13.5 Å². The fraction of sp³-hybridized carbons (Fsp3) is 0. The van der Waals surface area contributed by atoms with Gasteiger partial charge in [0.25, 0.3) is 0 Å². The average Bonchev–Trinajstić information content (AvgIpc) is 1.93. The maximum Gasteiger partial charge on any atom is 0.386 e. The lowest BCUT2D eigenvalue weighted by molar-refractivity contribution is -0.667. The van der Waals surface area contributed by atoms with Gasteiger partial charge in [0.05, 0.1) is 0 Å². The molecule has 0 saturated heterocycles. The summed E-state index contributed by atoms with van der Waals surface area (Å²) >= 11 is 1.60. The van der Waals surface area contributed by atoms with Gasteiger partial charge < -0.3 is 5.21 Å². The molecule has 0 saturated carbocycles. The first kappa shape index (κ1) is 7.64. The van der Waals surface area contributed by atoms with E-state index in [1.807, 2.05) is 0 Å². The van der Waals surface area contributed by atoms with Crippen LogP contribution in [0.15, 0.2) is 12.1 Å². The van der Waals surface area contributed by atoms with Gasteiger partial charge in [0.1, 0.15) is 3.57 Å². The van der Waals surface area contributed by atoms with Gasteiger partial charge in [0.15, 0.2) is 0 Å². The highest BCUT2D eigenvalue weighted by Gasteiger charge is 2.13. The summed E-state index contributed by atoms with van der Waals surface area (Å²) in [6, 6.07) is 2.11. The van der Waals surface area contributed by atoms with Gasteiger partial charge in [-0.05, 0) is 28.7 Å². The Morgan fingerprint density at radius 1 is 1.40 bits per heavy atom. The number of nitrogens with zero attached hydrogens (tertiary/aromatic N) is 1. The normalized spacial score (nSPS) is 9.90. The fourth-order valence-electron chi connectivity index (χ4n) is 0.469. The maximum absolute atomic E-state index is 12.4. The topological polar surface area (TPSA) is 26.9 Å². The van der Waals surface area contributed by atoms with Gasteiger partial charge >= 0.3 is 11.9 Å². The summed E-state index contributed by atoms with van der Waals surface area (Å²) in [5.41, 5.74) is 0. The van der Waals surface area contributed by atoms with Crippen LogP contribution in [0, 0.1) is 20.7 Å². The molecule has 1 heterocycles. The van der Waals surface area contributed by atoms with Crippen molar-refractivity contribution in [3.63, 3.8) is 0 Å². The molecule has 0 aliphatic carbocycles. The molecule has 0 aliphatic rings. The van der Waals surface area contributed by atoms with Gasteiger partial charge in [-0.2, -0.15) is 0 Å². The van der Waals surface area contributed by atoms with Crippen molar-refractivity contribution in [1.82, 2.24) is 0 Å². The number of pyridine rings is 1. The molecular weight excluding hydrogens is 255 g/mol. The summed E-state index contributed by atoms with van der Waals surface area (Å²) in [4.78, 5) is 0. The Labute approximate surface area is 69.2 Å². The third kappa shape index (κ3) is 1.18. The van der Waals surface area contributed by atoms with Crippen LogP contribution in [0.1, 0.15) is 0 Å². The van der Waals surface area contributed by atoms with E-state index in [0.717, 1.165) is 6.07 Å². The molecule has 54 valence electrons. The lowest BCUT2D eigenvalue weighted by atomic mass is 10.5. The maximum atomic E-state index is 12.4. The van der Waals surface area contributed by atoms with E-state index in [1.165, 1.54) is 6.07 Å². The Hall–Kier alpha value is -0.460. The fourth-order valence-corrected chi connectivity index (χ4v) is 0.868. The number of rotatable bonds is 0. The predicted octanol–water partition coefficient (Wildman–Crippen LogP) is 1.20. The Bertz CT molecular complexity index is 239. The zero-order valence-electron chi connectivity index (χ0n) is 4.64. The molecule has 0 amide bonds. The van der Waals surface area contributed by atoms with Gasteiger partial charge in [0, 0.05) is 6.07 Å². The van der Waals surface area contributed by atoms with Gasteiger partial charge in [-0.1, -0.05) is 0 Å². The SMILES string of the molecule is [O-][n+]1c(F)ccc(I)c1F. The molecule has 1 rings (SSSR count). The molecule has 0 bridgehead atoms. The minimum atomic E-state index is -1.13. The third-order valence-electron chi connectivity index (χ3n) is 0.937. The number of hydrogen-bond acceptors (Lipinski definition) is 1. The summed E-state index contributed by atoms with van der Waals surface area (Å²) in [5, 5.41) is 10.4. The van der Waals surface area contributed by atoms with E-state index in [-0.39, 0.29) is 8.30 Å². The molecule has 0 N–H and O–H groups in total. The van der Waals surface area contributed by atoms with Crippen LogP contribution in [-0.2, 0) is 0 Å². The van der Waals surface area contributed by atoms with Crippen LogP contribution >= 0.6 is 22.6 Å². The van der Waals surface area contributed by atoms with Gasteiger partial charge in [-0.3, -0.25) is 0 Å². The van der Waals surface area contributed by atoms with Gasteiger partial charge in [0.2, 0.25) is 0 Å². The van der Waals surface area contributed by atoms with Crippen molar-refractivity contribution < 1.29 is 13.5 Å². The zero-order chi connectivity index (χ0) is 7.72. The second-order valence-electron chi connectivity index (χ2n) is 1.59. The summed E-state index contributed by atoms with van der Waals surface area (Å²) in [6.07, 6.45) is 0. The monoisotopic (exact) mass is 257 g/mol. The Balaban J connectivity index is 3.34. The zero-order valence-corrected chi connectivity index (χ0v) is 6.80. The van der Waals surface area contributed by atoms with Gasteiger partial charge in [-0.25, -0.2) is 0 Å². The second kappa shape index (κ2) is 2.65. The van der Waals surface area contributed by atoms with E-state index in [2.05, 4.69) is 0 Å². The van der Waals surface area contributed by atoms with Crippen molar-refractivity contribution in [3.8, 4) is 0 Å². The molecule has 0 fully saturated rings. The Morgan fingerprint density at radius 3 is 2.50 bits per heavy atom. The number of halogens is 3. The Kier molecular flexibility index (Phi) is 2.02. The van der Waals surface area contributed by atoms with Crippen molar-refractivity contribution in [2.24, 2.45) is 0 Å². The molecule has 0 spiro atoms. The summed E-state index contributed by atoms with van der Waals surface area (Å²) in [5.74, 6) is -2.22. The molecule has 0 aromatic carbocycles. The Morgan fingerprint density at radius 2 is 2.00 bits per heavy atom. The highest BCUT2D eigenvalue weighted by Crippen LogP contribution is 2.05.